The van der Waals surface area contributed by atoms with E-state index in [1.165, 1.54) is 0 Å². The lowest BCUT2D eigenvalue weighted by Gasteiger charge is -2.08. The quantitative estimate of drug-likeness (QED) is 0.552. The van der Waals surface area contributed by atoms with Gasteiger partial charge in [0.1, 0.15) is 5.75 Å². The number of rotatable bonds is 8. The Balaban J connectivity index is 1.65. The summed E-state index contributed by atoms with van der Waals surface area (Å²) in [6, 6.07) is 14.5. The van der Waals surface area contributed by atoms with Crippen LogP contribution in [0.3, 0.4) is 0 Å². The molecule has 0 aliphatic carbocycles. The van der Waals surface area contributed by atoms with Gasteiger partial charge in [-0.05, 0) is 42.0 Å². The minimum atomic E-state index is -3.57. The van der Waals surface area contributed by atoms with E-state index >= 15 is 0 Å². The summed E-state index contributed by atoms with van der Waals surface area (Å²) in [5.41, 5.74) is 2.23. The van der Waals surface area contributed by atoms with Crippen LogP contribution in [-0.2, 0) is 31.7 Å². The summed E-state index contributed by atoms with van der Waals surface area (Å²) in [6.07, 6.45) is 1.96. The van der Waals surface area contributed by atoms with Crippen molar-refractivity contribution in [2.45, 2.75) is 12.3 Å². The maximum absolute atomic E-state index is 12.3. The molecular weight excluding hydrogens is 444 g/mol. The molecular formula is C20H21BrN2O4S. The summed E-state index contributed by atoms with van der Waals surface area (Å²) in [7, 11) is -1.91. The van der Waals surface area contributed by atoms with Gasteiger partial charge in [-0.2, -0.15) is 0 Å². The van der Waals surface area contributed by atoms with Crippen LogP contribution in [0.2, 0.25) is 0 Å². The van der Waals surface area contributed by atoms with E-state index in [-0.39, 0.29) is 5.75 Å². The zero-order chi connectivity index (χ0) is 20.1. The number of methoxy groups -OCH3 is 1. The van der Waals surface area contributed by atoms with Crippen LogP contribution < -0.4 is 5.32 Å². The molecule has 0 unspecified atom stereocenters. The fourth-order valence-corrected chi connectivity index (χ4v) is 4.70. The van der Waals surface area contributed by atoms with E-state index in [9.17, 15) is 13.2 Å². The van der Waals surface area contributed by atoms with Crippen LogP contribution in [0, 0.1) is 0 Å². The number of ether oxygens (including phenoxy) is 1. The number of nitrogens with zero attached hydrogens (tertiary/aromatic N) is 1. The van der Waals surface area contributed by atoms with Gasteiger partial charge in [-0.15, -0.1) is 0 Å². The molecule has 1 amide bonds. The average molecular weight is 465 g/mol. The molecule has 6 nitrogen and oxygen atoms in total. The summed E-state index contributed by atoms with van der Waals surface area (Å²) in [5.74, 6) is -1.29. The molecule has 0 saturated carbocycles. The van der Waals surface area contributed by atoms with E-state index in [4.69, 9.17) is 4.74 Å². The molecule has 0 fully saturated rings. The van der Waals surface area contributed by atoms with E-state index in [1.807, 2.05) is 30.5 Å². The Labute approximate surface area is 172 Å². The number of anilines is 1. The van der Waals surface area contributed by atoms with Gasteiger partial charge in [0, 0.05) is 40.9 Å². The largest absolute Gasteiger partial charge is 0.383 e. The van der Waals surface area contributed by atoms with Crippen molar-refractivity contribution in [3.8, 4) is 0 Å². The van der Waals surface area contributed by atoms with E-state index in [2.05, 4.69) is 25.8 Å². The lowest BCUT2D eigenvalue weighted by molar-refractivity contribution is -0.113. The third kappa shape index (κ3) is 5.43. The second-order valence-corrected chi connectivity index (χ2v) is 9.47. The maximum Gasteiger partial charge on any atom is 0.239 e. The lowest BCUT2D eigenvalue weighted by Crippen LogP contribution is -2.23. The maximum atomic E-state index is 12.3. The predicted molar refractivity (Wildman–Crippen MR) is 114 cm³/mol. The predicted octanol–water partition coefficient (Wildman–Crippen LogP) is 3.60. The number of fused-ring (bicyclic) bond motifs is 1. The van der Waals surface area contributed by atoms with E-state index in [0.29, 0.717) is 17.9 Å². The number of nitrogens with one attached hydrogen (secondary N) is 1. The number of carbonyl (C=O) groups is 1. The fraction of sp³-hybridized carbons (Fsp3) is 0.250. The molecule has 28 heavy (non-hydrogen) atoms. The summed E-state index contributed by atoms with van der Waals surface area (Å²) in [6.45, 7) is 1.34. The number of benzene rings is 2. The Morgan fingerprint density at radius 3 is 2.75 bits per heavy atom. The molecule has 1 heterocycles. The standard InChI is InChI=1S/C20H21BrN2O4S/c1-27-10-9-23-8-7-16-12-18(5-6-19(16)23)22-20(24)14-28(25,26)13-15-3-2-4-17(21)11-15/h2-8,11-12H,9-10,13-14H2,1H3,(H,22,24). The molecule has 0 atom stereocenters. The zero-order valence-electron chi connectivity index (χ0n) is 15.4. The number of aromatic nitrogens is 1. The first-order valence-corrected chi connectivity index (χ1v) is 11.3. The highest BCUT2D eigenvalue weighted by atomic mass is 79.9. The van der Waals surface area contributed by atoms with Gasteiger partial charge in [-0.25, -0.2) is 8.42 Å². The summed E-state index contributed by atoms with van der Waals surface area (Å²) in [4.78, 5) is 12.2. The van der Waals surface area contributed by atoms with E-state index in [0.717, 1.165) is 21.9 Å². The monoisotopic (exact) mass is 464 g/mol. The molecule has 1 aromatic heterocycles. The minimum absolute atomic E-state index is 0.179. The van der Waals surface area contributed by atoms with Crippen molar-refractivity contribution in [3.63, 3.8) is 0 Å². The number of hydrogen-bond acceptors (Lipinski definition) is 4. The Bertz CT molecular complexity index is 1090. The molecule has 0 aliphatic rings. The zero-order valence-corrected chi connectivity index (χ0v) is 17.8. The highest BCUT2D eigenvalue weighted by molar-refractivity contribution is 9.10. The van der Waals surface area contributed by atoms with Gasteiger partial charge in [0.15, 0.2) is 9.84 Å². The molecule has 148 valence electrons. The highest BCUT2D eigenvalue weighted by Crippen LogP contribution is 2.21. The van der Waals surface area contributed by atoms with Crippen LogP contribution in [0.5, 0.6) is 0 Å². The van der Waals surface area contributed by atoms with Gasteiger partial charge >= 0.3 is 0 Å². The molecule has 3 aromatic rings. The van der Waals surface area contributed by atoms with Gasteiger partial charge in [-0.1, -0.05) is 28.1 Å². The van der Waals surface area contributed by atoms with Crippen LogP contribution in [0.4, 0.5) is 5.69 Å². The summed E-state index contributed by atoms with van der Waals surface area (Å²) < 4.78 is 32.6. The second-order valence-electron chi connectivity index (χ2n) is 6.49. The first kappa shape index (κ1) is 20.6. The van der Waals surface area contributed by atoms with Crippen molar-refractivity contribution in [2.75, 3.05) is 24.8 Å². The van der Waals surface area contributed by atoms with Crippen LogP contribution in [0.1, 0.15) is 5.56 Å². The first-order valence-electron chi connectivity index (χ1n) is 8.69. The summed E-state index contributed by atoms with van der Waals surface area (Å²) >= 11 is 3.32. The lowest BCUT2D eigenvalue weighted by atomic mass is 10.2. The van der Waals surface area contributed by atoms with Gasteiger partial charge in [0.05, 0.1) is 12.4 Å². The molecule has 0 aliphatic heterocycles. The second kappa shape index (κ2) is 8.89. The average Bonchev–Trinajstić information content (AvgIpc) is 3.01. The fourth-order valence-electron chi connectivity index (χ4n) is 2.99. The van der Waals surface area contributed by atoms with Crippen molar-refractivity contribution in [1.29, 1.82) is 0 Å². The van der Waals surface area contributed by atoms with Gasteiger partial charge in [-0.3, -0.25) is 4.79 Å². The van der Waals surface area contributed by atoms with E-state index < -0.39 is 21.5 Å². The van der Waals surface area contributed by atoms with Crippen LogP contribution in [-0.4, -0.2) is 38.4 Å². The number of sulfone groups is 1. The van der Waals surface area contributed by atoms with Gasteiger partial charge < -0.3 is 14.6 Å². The molecule has 0 radical (unpaired) electrons. The van der Waals surface area contributed by atoms with Crippen LogP contribution in [0.15, 0.2) is 59.2 Å². The molecule has 0 saturated heterocycles. The summed E-state index contributed by atoms with van der Waals surface area (Å²) in [5, 5.41) is 3.64. The van der Waals surface area contributed by atoms with Crippen molar-refractivity contribution in [3.05, 3.63) is 64.8 Å². The number of carbonyl (C=O) groups excluding carboxylic acids is 1. The Morgan fingerprint density at radius 1 is 1.18 bits per heavy atom. The van der Waals surface area contributed by atoms with Crippen LogP contribution >= 0.6 is 15.9 Å². The van der Waals surface area contributed by atoms with Crippen molar-refractivity contribution in [1.82, 2.24) is 4.57 Å². The topological polar surface area (TPSA) is 77.4 Å². The SMILES string of the molecule is COCCn1ccc2cc(NC(=O)CS(=O)(=O)Cc3cccc(Br)c3)ccc21. The third-order valence-corrected chi connectivity index (χ3v) is 6.19. The van der Waals surface area contributed by atoms with E-state index in [1.54, 1.807) is 31.4 Å². The van der Waals surface area contributed by atoms with Crippen molar-refractivity contribution >= 4 is 48.3 Å². The minimum Gasteiger partial charge on any atom is -0.383 e. The van der Waals surface area contributed by atoms with Crippen molar-refractivity contribution < 1.29 is 17.9 Å². The Hall–Kier alpha value is -2.16. The third-order valence-electron chi connectivity index (χ3n) is 4.22. The molecule has 1 N–H and O–H groups in total. The highest BCUT2D eigenvalue weighted by Gasteiger charge is 2.18. The number of amides is 1. The van der Waals surface area contributed by atoms with Crippen molar-refractivity contribution in [2.24, 2.45) is 0 Å². The normalized spacial score (nSPS) is 11.6. The van der Waals surface area contributed by atoms with Gasteiger partial charge in [0.25, 0.3) is 0 Å². The van der Waals surface area contributed by atoms with Gasteiger partial charge in [0.2, 0.25) is 5.91 Å². The molecule has 2 aromatic carbocycles. The molecule has 8 heteroatoms. The number of halogens is 1. The Morgan fingerprint density at radius 2 is 2.00 bits per heavy atom. The molecule has 3 rings (SSSR count). The molecule has 0 bridgehead atoms. The first-order chi connectivity index (χ1) is 13.4. The smallest absolute Gasteiger partial charge is 0.239 e. The number of hydrogen-bond donors (Lipinski definition) is 1. The van der Waals surface area contributed by atoms with Crippen LogP contribution in [0.25, 0.3) is 10.9 Å². The Kier molecular flexibility index (Phi) is 6.53. The molecule has 0 spiro atoms.